The minimum absolute atomic E-state index is 0.132. The summed E-state index contributed by atoms with van der Waals surface area (Å²) in [7, 11) is 1.81. The zero-order valence-corrected chi connectivity index (χ0v) is 7.22. The van der Waals surface area contributed by atoms with E-state index in [1.165, 1.54) is 0 Å². The molecule has 1 amide bonds. The second-order valence-electron chi connectivity index (χ2n) is 2.78. The van der Waals surface area contributed by atoms with Crippen molar-refractivity contribution in [2.75, 3.05) is 13.6 Å². The van der Waals surface area contributed by atoms with E-state index < -0.39 is 0 Å². The molecule has 1 heterocycles. The molecule has 0 atom stereocenters. The van der Waals surface area contributed by atoms with Crippen LogP contribution in [0, 0.1) is 0 Å². The molecule has 0 radical (unpaired) electrons. The fourth-order valence-electron chi connectivity index (χ4n) is 1.19. The Balaban J connectivity index is 3.00. The van der Waals surface area contributed by atoms with Gasteiger partial charge in [-0.3, -0.25) is 4.79 Å². The van der Waals surface area contributed by atoms with Crippen LogP contribution in [0.15, 0.2) is 23.3 Å². The molecule has 1 rings (SSSR count). The third-order valence-electron chi connectivity index (χ3n) is 1.96. The molecule has 60 valence electrons. The minimum Gasteiger partial charge on any atom is -0.338 e. The van der Waals surface area contributed by atoms with Crippen molar-refractivity contribution in [3.63, 3.8) is 0 Å². The summed E-state index contributed by atoms with van der Waals surface area (Å²) < 4.78 is 0. The highest BCUT2D eigenvalue weighted by molar-refractivity contribution is 5.98. The minimum atomic E-state index is 0.132. The highest BCUT2D eigenvalue weighted by Crippen LogP contribution is 2.16. The third kappa shape index (κ3) is 1.34. The number of carbonyl (C=O) groups is 1. The van der Waals surface area contributed by atoms with Crippen molar-refractivity contribution >= 4 is 5.91 Å². The van der Waals surface area contributed by atoms with Crippen LogP contribution in [0.5, 0.6) is 0 Å². The zero-order valence-electron chi connectivity index (χ0n) is 7.22. The number of rotatable bonds is 0. The van der Waals surface area contributed by atoms with Crippen LogP contribution in [-0.2, 0) is 4.79 Å². The second kappa shape index (κ2) is 2.91. The van der Waals surface area contributed by atoms with E-state index in [9.17, 15) is 4.79 Å². The number of amides is 1. The maximum atomic E-state index is 11.4. The number of nitrogens with zero attached hydrogens (tertiary/aromatic N) is 1. The van der Waals surface area contributed by atoms with Crippen LogP contribution in [-0.4, -0.2) is 24.4 Å². The van der Waals surface area contributed by atoms with Gasteiger partial charge in [0, 0.05) is 19.2 Å². The lowest BCUT2D eigenvalue weighted by Gasteiger charge is -2.22. The van der Waals surface area contributed by atoms with Crippen LogP contribution in [0.2, 0.25) is 0 Å². The lowest BCUT2D eigenvalue weighted by Crippen LogP contribution is -2.32. The molecule has 0 bridgehead atoms. The van der Waals surface area contributed by atoms with Crippen LogP contribution >= 0.6 is 0 Å². The fourth-order valence-corrected chi connectivity index (χ4v) is 1.19. The van der Waals surface area contributed by atoms with E-state index in [1.54, 1.807) is 4.90 Å². The molecule has 0 N–H and O–H groups in total. The first-order valence-electron chi connectivity index (χ1n) is 3.75. The van der Waals surface area contributed by atoms with E-state index in [4.69, 9.17) is 0 Å². The molecule has 0 aliphatic carbocycles. The lowest BCUT2D eigenvalue weighted by atomic mass is 10.0. The van der Waals surface area contributed by atoms with Crippen LogP contribution in [0.4, 0.5) is 0 Å². The predicted octanol–water partition coefficient (Wildman–Crippen LogP) is 1.35. The van der Waals surface area contributed by atoms with E-state index in [-0.39, 0.29) is 5.91 Å². The summed E-state index contributed by atoms with van der Waals surface area (Å²) in [6, 6.07) is 0. The van der Waals surface area contributed by atoms with Gasteiger partial charge in [-0.05, 0) is 19.4 Å². The first-order valence-corrected chi connectivity index (χ1v) is 3.75. The Kier molecular flexibility index (Phi) is 2.13. The van der Waals surface area contributed by atoms with Crippen molar-refractivity contribution in [1.29, 1.82) is 0 Å². The standard InChI is InChI=1S/C9H13NO/c1-4-8-7(2)5-6-10(3)9(8)11/h4-5H,6H2,1-3H3/b8-4+. The summed E-state index contributed by atoms with van der Waals surface area (Å²) in [5.41, 5.74) is 1.93. The van der Waals surface area contributed by atoms with Gasteiger partial charge in [-0.15, -0.1) is 0 Å². The van der Waals surface area contributed by atoms with Crippen molar-refractivity contribution < 1.29 is 4.79 Å². The molecule has 0 aromatic carbocycles. The molecule has 0 aromatic heterocycles. The number of hydrogen-bond donors (Lipinski definition) is 0. The van der Waals surface area contributed by atoms with Crippen molar-refractivity contribution in [2.24, 2.45) is 0 Å². The smallest absolute Gasteiger partial charge is 0.253 e. The summed E-state index contributed by atoms with van der Waals surface area (Å²) >= 11 is 0. The molecule has 2 heteroatoms. The zero-order chi connectivity index (χ0) is 8.43. The molecule has 11 heavy (non-hydrogen) atoms. The topological polar surface area (TPSA) is 20.3 Å². The first-order chi connectivity index (χ1) is 5.16. The summed E-state index contributed by atoms with van der Waals surface area (Å²) in [6.07, 6.45) is 3.93. The monoisotopic (exact) mass is 151 g/mol. The summed E-state index contributed by atoms with van der Waals surface area (Å²) in [4.78, 5) is 13.1. The maximum absolute atomic E-state index is 11.4. The average molecular weight is 151 g/mol. The van der Waals surface area contributed by atoms with E-state index in [0.717, 1.165) is 17.7 Å². The second-order valence-corrected chi connectivity index (χ2v) is 2.78. The molecule has 0 unspecified atom stereocenters. The summed E-state index contributed by atoms with van der Waals surface area (Å²) in [5.74, 6) is 0.132. The van der Waals surface area contributed by atoms with E-state index in [1.807, 2.05) is 27.0 Å². The van der Waals surface area contributed by atoms with Crippen LogP contribution < -0.4 is 0 Å². The van der Waals surface area contributed by atoms with Gasteiger partial charge in [0.25, 0.3) is 5.91 Å². The molecule has 0 fully saturated rings. The first kappa shape index (κ1) is 8.05. The predicted molar refractivity (Wildman–Crippen MR) is 45.2 cm³/mol. The molecule has 2 nitrogen and oxygen atoms in total. The van der Waals surface area contributed by atoms with Crippen molar-refractivity contribution in [2.45, 2.75) is 13.8 Å². The van der Waals surface area contributed by atoms with Gasteiger partial charge in [-0.25, -0.2) is 0 Å². The maximum Gasteiger partial charge on any atom is 0.253 e. The number of likely N-dealkylation sites (N-methyl/N-ethyl adjacent to an activating group) is 1. The van der Waals surface area contributed by atoms with Crippen molar-refractivity contribution in [1.82, 2.24) is 4.90 Å². The Bertz CT molecular complexity index is 238. The molecule has 1 aliphatic heterocycles. The van der Waals surface area contributed by atoms with Crippen LogP contribution in [0.25, 0.3) is 0 Å². The van der Waals surface area contributed by atoms with E-state index >= 15 is 0 Å². The van der Waals surface area contributed by atoms with Gasteiger partial charge >= 0.3 is 0 Å². The molecular weight excluding hydrogens is 138 g/mol. The SMILES string of the molecule is C/C=C1/C(=O)N(C)CC=C1C. The average Bonchev–Trinajstić information content (AvgIpc) is 1.99. The Morgan fingerprint density at radius 3 is 2.73 bits per heavy atom. The van der Waals surface area contributed by atoms with Crippen molar-refractivity contribution in [3.8, 4) is 0 Å². The molecular formula is C9H13NO. The molecule has 1 aliphatic rings. The Hall–Kier alpha value is -1.05. The summed E-state index contributed by atoms with van der Waals surface area (Å²) in [6.45, 7) is 4.60. The highest BCUT2D eigenvalue weighted by atomic mass is 16.2. The van der Waals surface area contributed by atoms with Gasteiger partial charge in [0.05, 0.1) is 0 Å². The van der Waals surface area contributed by atoms with Gasteiger partial charge in [-0.1, -0.05) is 12.2 Å². The van der Waals surface area contributed by atoms with Gasteiger partial charge in [0.1, 0.15) is 0 Å². The Labute approximate surface area is 67.2 Å². The molecule has 0 saturated carbocycles. The fraction of sp³-hybridized carbons (Fsp3) is 0.444. The van der Waals surface area contributed by atoms with Gasteiger partial charge in [-0.2, -0.15) is 0 Å². The van der Waals surface area contributed by atoms with E-state index in [0.29, 0.717) is 0 Å². The molecule has 0 saturated heterocycles. The largest absolute Gasteiger partial charge is 0.338 e. The number of allylic oxidation sites excluding steroid dienone is 1. The lowest BCUT2D eigenvalue weighted by molar-refractivity contribution is -0.125. The van der Waals surface area contributed by atoms with Crippen LogP contribution in [0.3, 0.4) is 0 Å². The molecule has 0 aromatic rings. The normalized spacial score (nSPS) is 22.5. The Morgan fingerprint density at radius 1 is 1.64 bits per heavy atom. The van der Waals surface area contributed by atoms with Gasteiger partial charge < -0.3 is 4.90 Å². The van der Waals surface area contributed by atoms with Crippen LogP contribution in [0.1, 0.15) is 13.8 Å². The van der Waals surface area contributed by atoms with Gasteiger partial charge in [0.15, 0.2) is 0 Å². The Morgan fingerprint density at radius 2 is 2.27 bits per heavy atom. The number of hydrogen-bond acceptors (Lipinski definition) is 1. The quantitative estimate of drug-likeness (QED) is 0.478. The van der Waals surface area contributed by atoms with Crippen molar-refractivity contribution in [3.05, 3.63) is 23.3 Å². The third-order valence-corrected chi connectivity index (χ3v) is 1.96. The molecule has 0 spiro atoms. The summed E-state index contributed by atoms with van der Waals surface area (Å²) in [5, 5.41) is 0. The van der Waals surface area contributed by atoms with E-state index in [2.05, 4.69) is 6.08 Å². The highest BCUT2D eigenvalue weighted by Gasteiger charge is 2.18. The van der Waals surface area contributed by atoms with Gasteiger partial charge in [0.2, 0.25) is 0 Å². The number of carbonyl (C=O) groups excluding carboxylic acids is 1.